The van der Waals surface area contributed by atoms with Gasteiger partial charge in [-0.25, -0.2) is 12.7 Å². The number of ether oxygens (including phenoxy) is 1. The Bertz CT molecular complexity index is 1590. The molecule has 4 aromatic rings. The number of rotatable bonds is 7. The van der Waals surface area contributed by atoms with Crippen LogP contribution in [0.5, 0.6) is 5.75 Å². The van der Waals surface area contributed by atoms with Gasteiger partial charge in [0.05, 0.1) is 28.9 Å². The highest BCUT2D eigenvalue weighted by Crippen LogP contribution is 2.36. The van der Waals surface area contributed by atoms with Gasteiger partial charge in [-0.05, 0) is 48.9 Å². The van der Waals surface area contributed by atoms with Gasteiger partial charge in [-0.15, -0.1) is 0 Å². The number of benzene rings is 2. The summed E-state index contributed by atoms with van der Waals surface area (Å²) < 4.78 is 32.7. The highest BCUT2D eigenvalue weighted by Gasteiger charge is 2.23. The molecule has 3 N–H and O–H groups in total. The number of sulfonamides is 1. The SMILES string of the molecule is COc1cc2c(cc1Nc1nc(Nc3ccccc3S(=O)(=O)N(C)C)c3c(Cl)c[nH]c3n1)CN(C)CC2. The van der Waals surface area contributed by atoms with Gasteiger partial charge in [0.25, 0.3) is 0 Å². The van der Waals surface area contributed by atoms with E-state index in [9.17, 15) is 8.42 Å². The van der Waals surface area contributed by atoms with Gasteiger partial charge in [-0.1, -0.05) is 23.7 Å². The molecule has 0 aliphatic carbocycles. The Kier molecular flexibility index (Phi) is 6.71. The predicted molar refractivity (Wildman–Crippen MR) is 146 cm³/mol. The quantitative estimate of drug-likeness (QED) is 0.316. The summed E-state index contributed by atoms with van der Waals surface area (Å²) in [6, 6.07) is 10.8. The number of methoxy groups -OCH3 is 1. The average molecular weight is 542 g/mol. The number of hydrogen-bond donors (Lipinski definition) is 3. The van der Waals surface area contributed by atoms with Crippen LogP contribution in [-0.4, -0.2) is 67.4 Å². The molecule has 12 heteroatoms. The van der Waals surface area contributed by atoms with Crippen LogP contribution in [0.4, 0.5) is 23.1 Å². The van der Waals surface area contributed by atoms with Crippen LogP contribution in [0.3, 0.4) is 0 Å². The van der Waals surface area contributed by atoms with E-state index >= 15 is 0 Å². The van der Waals surface area contributed by atoms with Crippen molar-refractivity contribution in [1.82, 2.24) is 24.2 Å². The maximum absolute atomic E-state index is 12.9. The second kappa shape index (κ2) is 9.82. The van der Waals surface area contributed by atoms with Crippen LogP contribution in [0, 0.1) is 0 Å². The lowest BCUT2D eigenvalue weighted by atomic mass is 9.99. The fraction of sp³-hybridized carbons (Fsp3) is 0.280. The molecule has 3 heterocycles. The molecule has 0 radical (unpaired) electrons. The molecular formula is C25H28ClN7O3S. The van der Waals surface area contributed by atoms with E-state index in [-0.39, 0.29) is 4.90 Å². The number of hydrogen-bond acceptors (Lipinski definition) is 8. The zero-order valence-electron chi connectivity index (χ0n) is 21.0. The van der Waals surface area contributed by atoms with Crippen LogP contribution < -0.4 is 15.4 Å². The molecule has 0 amide bonds. The average Bonchev–Trinajstić information content (AvgIpc) is 3.24. The molecule has 37 heavy (non-hydrogen) atoms. The van der Waals surface area contributed by atoms with Gasteiger partial charge in [0.1, 0.15) is 22.1 Å². The van der Waals surface area contributed by atoms with Crippen molar-refractivity contribution >= 4 is 55.8 Å². The van der Waals surface area contributed by atoms with Crippen molar-refractivity contribution in [1.29, 1.82) is 0 Å². The number of fused-ring (bicyclic) bond motifs is 2. The molecule has 0 unspecified atom stereocenters. The zero-order chi connectivity index (χ0) is 26.3. The van der Waals surface area contributed by atoms with Gasteiger partial charge in [0.2, 0.25) is 16.0 Å². The number of aromatic nitrogens is 3. The van der Waals surface area contributed by atoms with Gasteiger partial charge in [0.15, 0.2) is 0 Å². The number of nitrogens with one attached hydrogen (secondary N) is 3. The summed E-state index contributed by atoms with van der Waals surface area (Å²) in [5.74, 6) is 1.34. The largest absolute Gasteiger partial charge is 0.495 e. The van der Waals surface area contributed by atoms with Crippen LogP contribution >= 0.6 is 11.6 Å². The van der Waals surface area contributed by atoms with Crippen LogP contribution in [0.2, 0.25) is 5.02 Å². The number of aromatic amines is 1. The summed E-state index contributed by atoms with van der Waals surface area (Å²) in [7, 11) is 3.00. The van der Waals surface area contributed by atoms with E-state index in [1.165, 1.54) is 29.5 Å². The highest BCUT2D eigenvalue weighted by atomic mass is 35.5. The molecule has 0 bridgehead atoms. The lowest BCUT2D eigenvalue weighted by Crippen LogP contribution is -2.26. The predicted octanol–water partition coefficient (Wildman–Crippen LogP) is 4.35. The first kappa shape index (κ1) is 25.3. The lowest BCUT2D eigenvalue weighted by Gasteiger charge is -2.26. The molecule has 0 spiro atoms. The Hall–Kier alpha value is -3.38. The Morgan fingerprint density at radius 1 is 1.11 bits per heavy atom. The molecule has 5 rings (SSSR count). The van der Waals surface area contributed by atoms with E-state index in [2.05, 4.69) is 49.7 Å². The Morgan fingerprint density at radius 2 is 1.89 bits per heavy atom. The van der Waals surface area contributed by atoms with Crippen LogP contribution in [0.15, 0.2) is 47.5 Å². The van der Waals surface area contributed by atoms with E-state index in [1.54, 1.807) is 37.6 Å². The third-order valence-corrected chi connectivity index (χ3v) is 8.52. The normalized spacial score (nSPS) is 14.1. The Labute approximate surface area is 220 Å². The minimum absolute atomic E-state index is 0.119. The number of H-pyrrole nitrogens is 1. The molecule has 2 aromatic heterocycles. The second-order valence-corrected chi connectivity index (χ2v) is 11.6. The van der Waals surface area contributed by atoms with E-state index in [4.69, 9.17) is 16.3 Å². The zero-order valence-corrected chi connectivity index (χ0v) is 22.5. The summed E-state index contributed by atoms with van der Waals surface area (Å²) in [5.41, 5.74) is 4.06. The van der Waals surface area contributed by atoms with Crippen molar-refractivity contribution in [3.05, 3.63) is 58.7 Å². The molecule has 10 nitrogen and oxygen atoms in total. The Morgan fingerprint density at radius 3 is 2.65 bits per heavy atom. The first-order chi connectivity index (χ1) is 17.7. The van der Waals surface area contributed by atoms with Crippen molar-refractivity contribution in [3.8, 4) is 5.75 Å². The Balaban J connectivity index is 1.57. The summed E-state index contributed by atoms with van der Waals surface area (Å²) in [6.07, 6.45) is 2.57. The molecule has 2 aromatic carbocycles. The van der Waals surface area contributed by atoms with Crippen LogP contribution in [-0.2, 0) is 23.0 Å². The second-order valence-electron chi connectivity index (χ2n) is 9.10. The number of halogens is 1. The lowest BCUT2D eigenvalue weighted by molar-refractivity contribution is 0.312. The molecule has 0 atom stereocenters. The monoisotopic (exact) mass is 541 g/mol. The standard InChI is InChI=1S/C25H28ClN7O3S/c1-32(2)37(34,35)21-8-6-5-7-18(21)28-24-22-17(26)13-27-23(22)30-25(31-24)29-19-11-16-14-33(3)10-9-15(16)12-20(19)36-4/h5-8,11-13H,9-10,14H2,1-4H3,(H3,27,28,29,30,31). The van der Waals surface area contributed by atoms with E-state index in [1.807, 2.05) is 0 Å². The fourth-order valence-corrected chi connectivity index (χ4v) is 5.65. The van der Waals surface area contributed by atoms with Crippen molar-refractivity contribution in [3.63, 3.8) is 0 Å². The molecule has 0 fully saturated rings. The summed E-state index contributed by atoms with van der Waals surface area (Å²) >= 11 is 6.45. The highest BCUT2D eigenvalue weighted by molar-refractivity contribution is 7.89. The minimum atomic E-state index is -3.71. The fourth-order valence-electron chi connectivity index (χ4n) is 4.38. The minimum Gasteiger partial charge on any atom is -0.495 e. The van der Waals surface area contributed by atoms with Gasteiger partial charge < -0.3 is 25.3 Å². The molecule has 1 aliphatic rings. The molecule has 0 saturated heterocycles. The molecular weight excluding hydrogens is 514 g/mol. The topological polar surface area (TPSA) is 115 Å². The van der Waals surface area contributed by atoms with Crippen molar-refractivity contribution in [2.24, 2.45) is 0 Å². The number of anilines is 4. The first-order valence-corrected chi connectivity index (χ1v) is 13.5. The number of nitrogens with zero attached hydrogens (tertiary/aromatic N) is 4. The molecule has 0 saturated carbocycles. The first-order valence-electron chi connectivity index (χ1n) is 11.7. The van der Waals surface area contributed by atoms with Crippen LogP contribution in [0.1, 0.15) is 11.1 Å². The van der Waals surface area contributed by atoms with Crippen molar-refractivity contribution in [2.75, 3.05) is 45.4 Å². The summed E-state index contributed by atoms with van der Waals surface area (Å²) in [5, 5.41) is 7.41. The number of likely N-dealkylation sites (N-methyl/N-ethyl adjacent to an activating group) is 1. The van der Waals surface area contributed by atoms with Gasteiger partial charge >= 0.3 is 0 Å². The summed E-state index contributed by atoms with van der Waals surface area (Å²) in [4.78, 5) is 14.7. The molecule has 1 aliphatic heterocycles. The van der Waals surface area contributed by atoms with Gasteiger partial charge in [-0.3, -0.25) is 0 Å². The van der Waals surface area contributed by atoms with E-state index in [0.29, 0.717) is 39.3 Å². The third kappa shape index (κ3) is 4.82. The van der Waals surface area contributed by atoms with Crippen molar-refractivity contribution in [2.45, 2.75) is 17.9 Å². The van der Waals surface area contributed by atoms with Crippen LogP contribution in [0.25, 0.3) is 11.0 Å². The summed E-state index contributed by atoms with van der Waals surface area (Å²) in [6.45, 7) is 1.83. The van der Waals surface area contributed by atoms with E-state index in [0.717, 1.165) is 25.2 Å². The maximum Gasteiger partial charge on any atom is 0.244 e. The maximum atomic E-state index is 12.9. The van der Waals surface area contributed by atoms with E-state index < -0.39 is 10.0 Å². The van der Waals surface area contributed by atoms with Gasteiger partial charge in [0, 0.05) is 33.4 Å². The molecule has 194 valence electrons. The smallest absolute Gasteiger partial charge is 0.244 e. The number of para-hydroxylation sites is 1. The van der Waals surface area contributed by atoms with Crippen molar-refractivity contribution < 1.29 is 13.2 Å². The van der Waals surface area contributed by atoms with Gasteiger partial charge in [-0.2, -0.15) is 9.97 Å². The third-order valence-electron chi connectivity index (χ3n) is 6.35.